The molecule has 2 heterocycles. The quantitative estimate of drug-likeness (QED) is 0.745. The van der Waals surface area contributed by atoms with Gasteiger partial charge < -0.3 is 15.7 Å². The Morgan fingerprint density at radius 1 is 1.11 bits per heavy atom. The Hall–Kier alpha value is -1.14. The van der Waals surface area contributed by atoms with E-state index in [2.05, 4.69) is 4.90 Å². The van der Waals surface area contributed by atoms with Gasteiger partial charge in [0.1, 0.15) is 6.04 Å². The number of carbonyl (C=O) groups is 2. The maximum absolute atomic E-state index is 12.3. The van der Waals surface area contributed by atoms with Crippen LogP contribution in [0.3, 0.4) is 0 Å². The summed E-state index contributed by atoms with van der Waals surface area (Å²) in [7, 11) is 0. The highest BCUT2D eigenvalue weighted by Crippen LogP contribution is 2.18. The molecule has 108 valence electrons. The number of aliphatic carboxylic acids is 1. The fraction of sp³-hybridized carbons (Fsp3) is 0.846. The third-order valence-corrected chi connectivity index (χ3v) is 4.10. The third kappa shape index (κ3) is 3.67. The van der Waals surface area contributed by atoms with Crippen molar-refractivity contribution < 1.29 is 14.7 Å². The number of rotatable bonds is 3. The molecule has 6 heteroatoms. The maximum atomic E-state index is 12.3. The molecule has 3 N–H and O–H groups in total. The lowest BCUT2D eigenvalue weighted by atomic mass is 10.0. The van der Waals surface area contributed by atoms with Crippen LogP contribution in [0.4, 0.5) is 0 Å². The van der Waals surface area contributed by atoms with Gasteiger partial charge in [-0.15, -0.1) is 0 Å². The highest BCUT2D eigenvalue weighted by atomic mass is 16.4. The summed E-state index contributed by atoms with van der Waals surface area (Å²) in [5.74, 6) is -0.934. The van der Waals surface area contributed by atoms with E-state index in [9.17, 15) is 14.7 Å². The molecule has 1 amide bonds. The molecule has 0 aliphatic carbocycles. The van der Waals surface area contributed by atoms with Crippen molar-refractivity contribution in [2.45, 2.75) is 44.2 Å². The number of likely N-dealkylation sites (tertiary alicyclic amines) is 2. The SMILES string of the molecule is NC1CCN(CC(=O)N2CCCC[C@@H]2C(=O)O)CC1. The van der Waals surface area contributed by atoms with E-state index in [4.69, 9.17) is 5.73 Å². The standard InChI is InChI=1S/C13H23N3O3/c14-10-4-7-15(8-5-10)9-12(17)16-6-2-1-3-11(16)13(18)19/h10-11H,1-9,14H2,(H,18,19)/t11-/m1/s1. The molecule has 0 saturated carbocycles. The highest BCUT2D eigenvalue weighted by molar-refractivity contribution is 5.85. The van der Waals surface area contributed by atoms with Crippen LogP contribution < -0.4 is 5.73 Å². The molecule has 6 nitrogen and oxygen atoms in total. The lowest BCUT2D eigenvalue weighted by Crippen LogP contribution is -2.52. The Labute approximate surface area is 113 Å². The number of hydrogen-bond donors (Lipinski definition) is 2. The first-order valence-electron chi connectivity index (χ1n) is 7.08. The van der Waals surface area contributed by atoms with Gasteiger partial charge in [-0.25, -0.2) is 4.79 Å². The van der Waals surface area contributed by atoms with Crippen LogP contribution in [-0.4, -0.2) is 65.0 Å². The van der Waals surface area contributed by atoms with E-state index in [-0.39, 0.29) is 11.9 Å². The molecule has 19 heavy (non-hydrogen) atoms. The lowest BCUT2D eigenvalue weighted by molar-refractivity contribution is -0.152. The Bertz CT molecular complexity index is 340. The molecular weight excluding hydrogens is 246 g/mol. The van der Waals surface area contributed by atoms with Crippen molar-refractivity contribution in [3.63, 3.8) is 0 Å². The molecule has 2 aliphatic heterocycles. The molecule has 2 aliphatic rings. The van der Waals surface area contributed by atoms with Gasteiger partial charge in [0.25, 0.3) is 0 Å². The minimum atomic E-state index is -0.881. The number of nitrogens with zero attached hydrogens (tertiary/aromatic N) is 2. The topological polar surface area (TPSA) is 86.9 Å². The Balaban J connectivity index is 1.89. The minimum absolute atomic E-state index is 0.0532. The number of nitrogens with two attached hydrogens (primary N) is 1. The average Bonchev–Trinajstić information content (AvgIpc) is 2.41. The second-order valence-electron chi connectivity index (χ2n) is 5.55. The molecule has 0 unspecified atom stereocenters. The molecule has 0 aromatic carbocycles. The highest BCUT2D eigenvalue weighted by Gasteiger charge is 2.32. The first kappa shape index (κ1) is 14.3. The average molecular weight is 269 g/mol. The molecular formula is C13H23N3O3. The summed E-state index contributed by atoms with van der Waals surface area (Å²) in [6.45, 7) is 2.57. The molecule has 0 aromatic heterocycles. The second kappa shape index (κ2) is 6.34. The number of amides is 1. The van der Waals surface area contributed by atoms with Gasteiger partial charge in [-0.2, -0.15) is 0 Å². The van der Waals surface area contributed by atoms with Crippen molar-refractivity contribution in [3.8, 4) is 0 Å². The molecule has 0 aromatic rings. The molecule has 0 radical (unpaired) electrons. The fourth-order valence-electron chi connectivity index (χ4n) is 2.88. The number of carboxylic acid groups (broad SMARTS) is 1. The van der Waals surface area contributed by atoms with E-state index < -0.39 is 12.0 Å². The van der Waals surface area contributed by atoms with Gasteiger partial charge in [-0.1, -0.05) is 0 Å². The van der Waals surface area contributed by atoms with Gasteiger partial charge in [0.15, 0.2) is 0 Å². The zero-order valence-corrected chi connectivity index (χ0v) is 11.3. The van der Waals surface area contributed by atoms with Crippen LogP contribution in [-0.2, 0) is 9.59 Å². The van der Waals surface area contributed by atoms with Crippen LogP contribution in [0, 0.1) is 0 Å². The van der Waals surface area contributed by atoms with Gasteiger partial charge in [-0.05, 0) is 32.1 Å². The zero-order chi connectivity index (χ0) is 13.8. The van der Waals surface area contributed by atoms with Crippen molar-refractivity contribution in [3.05, 3.63) is 0 Å². The molecule has 2 rings (SSSR count). The second-order valence-corrected chi connectivity index (χ2v) is 5.55. The van der Waals surface area contributed by atoms with Gasteiger partial charge in [0.2, 0.25) is 5.91 Å². The zero-order valence-electron chi connectivity index (χ0n) is 11.3. The van der Waals surface area contributed by atoms with E-state index in [1.807, 2.05) is 0 Å². The fourth-order valence-corrected chi connectivity index (χ4v) is 2.88. The minimum Gasteiger partial charge on any atom is -0.480 e. The normalized spacial score (nSPS) is 26.4. The molecule has 2 saturated heterocycles. The molecule has 2 fully saturated rings. The molecule has 0 spiro atoms. The smallest absolute Gasteiger partial charge is 0.326 e. The first-order chi connectivity index (χ1) is 9.08. The number of carbonyl (C=O) groups excluding carboxylic acids is 1. The predicted octanol–water partition coefficient (Wildman–Crippen LogP) is -0.125. The summed E-state index contributed by atoms with van der Waals surface area (Å²) in [6.07, 6.45) is 4.19. The van der Waals surface area contributed by atoms with Crippen LogP contribution >= 0.6 is 0 Å². The monoisotopic (exact) mass is 269 g/mol. The number of piperidine rings is 2. The third-order valence-electron chi connectivity index (χ3n) is 4.10. The lowest BCUT2D eigenvalue weighted by Gasteiger charge is -2.36. The van der Waals surface area contributed by atoms with Crippen LogP contribution in [0.25, 0.3) is 0 Å². The van der Waals surface area contributed by atoms with Crippen LogP contribution in [0.5, 0.6) is 0 Å². The summed E-state index contributed by atoms with van der Waals surface area (Å²) >= 11 is 0. The summed E-state index contributed by atoms with van der Waals surface area (Å²) in [5, 5.41) is 9.17. The van der Waals surface area contributed by atoms with Gasteiger partial charge >= 0.3 is 5.97 Å². The van der Waals surface area contributed by atoms with Crippen molar-refractivity contribution in [1.82, 2.24) is 9.80 Å². The van der Waals surface area contributed by atoms with Crippen LogP contribution in [0.1, 0.15) is 32.1 Å². The summed E-state index contributed by atoms with van der Waals surface area (Å²) in [6, 6.07) is -0.388. The first-order valence-corrected chi connectivity index (χ1v) is 7.08. The van der Waals surface area contributed by atoms with Crippen molar-refractivity contribution in [2.75, 3.05) is 26.2 Å². The van der Waals surface area contributed by atoms with Crippen molar-refractivity contribution >= 4 is 11.9 Å². The van der Waals surface area contributed by atoms with Gasteiger partial charge in [-0.3, -0.25) is 9.69 Å². The van der Waals surface area contributed by atoms with E-state index in [1.165, 1.54) is 0 Å². The van der Waals surface area contributed by atoms with E-state index >= 15 is 0 Å². The van der Waals surface area contributed by atoms with E-state index in [0.717, 1.165) is 38.8 Å². The Kier molecular flexibility index (Phi) is 4.76. The Morgan fingerprint density at radius 2 is 1.79 bits per heavy atom. The molecule has 0 bridgehead atoms. The van der Waals surface area contributed by atoms with E-state index in [0.29, 0.717) is 19.5 Å². The van der Waals surface area contributed by atoms with Crippen molar-refractivity contribution in [1.29, 1.82) is 0 Å². The summed E-state index contributed by atoms with van der Waals surface area (Å²) < 4.78 is 0. The Morgan fingerprint density at radius 3 is 2.42 bits per heavy atom. The van der Waals surface area contributed by atoms with E-state index in [1.54, 1.807) is 4.90 Å². The predicted molar refractivity (Wildman–Crippen MR) is 70.6 cm³/mol. The van der Waals surface area contributed by atoms with Gasteiger partial charge in [0.05, 0.1) is 6.54 Å². The van der Waals surface area contributed by atoms with Gasteiger partial charge in [0, 0.05) is 25.7 Å². The van der Waals surface area contributed by atoms with Crippen LogP contribution in [0.2, 0.25) is 0 Å². The molecule has 1 atom stereocenters. The largest absolute Gasteiger partial charge is 0.480 e. The number of hydrogen-bond acceptors (Lipinski definition) is 4. The van der Waals surface area contributed by atoms with Crippen LogP contribution in [0.15, 0.2) is 0 Å². The maximum Gasteiger partial charge on any atom is 0.326 e. The number of carboxylic acids is 1. The summed E-state index contributed by atoms with van der Waals surface area (Å²) in [4.78, 5) is 27.1. The summed E-state index contributed by atoms with van der Waals surface area (Å²) in [5.41, 5.74) is 5.83. The van der Waals surface area contributed by atoms with Crippen molar-refractivity contribution in [2.24, 2.45) is 5.73 Å².